The van der Waals surface area contributed by atoms with Crippen molar-refractivity contribution < 1.29 is 13.2 Å². The summed E-state index contributed by atoms with van der Waals surface area (Å²) in [6.45, 7) is 1.99. The zero-order valence-corrected chi connectivity index (χ0v) is 15.3. The van der Waals surface area contributed by atoms with E-state index in [0.717, 1.165) is 6.26 Å². The summed E-state index contributed by atoms with van der Waals surface area (Å²) in [5, 5.41) is 3.00. The lowest BCUT2D eigenvalue weighted by atomic mass is 10.1. The van der Waals surface area contributed by atoms with Crippen molar-refractivity contribution in [2.75, 3.05) is 25.1 Å². The van der Waals surface area contributed by atoms with Crippen molar-refractivity contribution in [3.8, 4) is 11.3 Å². The third kappa shape index (κ3) is 5.38. The zero-order chi connectivity index (χ0) is 18.6. The van der Waals surface area contributed by atoms with E-state index < -0.39 is 10.0 Å². The van der Waals surface area contributed by atoms with Crippen LogP contribution < -0.4 is 15.8 Å². The van der Waals surface area contributed by atoms with Crippen LogP contribution in [0.3, 0.4) is 0 Å². The maximum atomic E-state index is 12.2. The first kappa shape index (κ1) is 19.1. The third-order valence-corrected chi connectivity index (χ3v) is 4.39. The fraction of sp³-hybridized carbons (Fsp3) is 0.267. The summed E-state index contributed by atoms with van der Waals surface area (Å²) in [7, 11) is -3.28. The monoisotopic (exact) mass is 383 g/mol. The third-order valence-electron chi connectivity index (χ3n) is 3.21. The quantitative estimate of drug-likeness (QED) is 0.638. The first-order valence-corrected chi connectivity index (χ1v) is 9.57. The first-order valence-electron chi connectivity index (χ1n) is 7.30. The van der Waals surface area contributed by atoms with Gasteiger partial charge in [-0.3, -0.25) is 4.79 Å². The van der Waals surface area contributed by atoms with E-state index in [-0.39, 0.29) is 24.9 Å². The van der Waals surface area contributed by atoms with Crippen molar-refractivity contribution in [3.05, 3.63) is 40.5 Å². The SMILES string of the molecule is Cc1nc(N)nc(-c2cccc(C(=O)NCCNS(C)(=O)=O)c2)c1Cl. The highest BCUT2D eigenvalue weighted by Gasteiger charge is 2.13. The molecule has 0 aliphatic rings. The second-order valence-electron chi connectivity index (χ2n) is 5.33. The summed E-state index contributed by atoms with van der Waals surface area (Å²) in [4.78, 5) is 20.3. The molecule has 1 amide bonds. The Morgan fingerprint density at radius 3 is 2.68 bits per heavy atom. The second-order valence-corrected chi connectivity index (χ2v) is 7.54. The highest BCUT2D eigenvalue weighted by Crippen LogP contribution is 2.28. The Labute approximate surface area is 150 Å². The molecule has 0 spiro atoms. The van der Waals surface area contributed by atoms with E-state index in [0.29, 0.717) is 27.5 Å². The van der Waals surface area contributed by atoms with Gasteiger partial charge in [-0.15, -0.1) is 0 Å². The number of amides is 1. The number of nitrogens with two attached hydrogens (primary N) is 1. The predicted molar refractivity (Wildman–Crippen MR) is 96.8 cm³/mol. The number of halogens is 1. The average Bonchev–Trinajstić information content (AvgIpc) is 2.54. The second kappa shape index (κ2) is 7.77. The van der Waals surface area contributed by atoms with Gasteiger partial charge < -0.3 is 11.1 Å². The fourth-order valence-electron chi connectivity index (χ4n) is 2.09. The lowest BCUT2D eigenvalue weighted by molar-refractivity contribution is 0.0954. The van der Waals surface area contributed by atoms with Crippen LogP contribution in [0.25, 0.3) is 11.3 Å². The van der Waals surface area contributed by atoms with E-state index in [1.165, 1.54) is 0 Å². The number of nitrogens with one attached hydrogen (secondary N) is 2. The number of hydrogen-bond donors (Lipinski definition) is 3. The summed E-state index contributed by atoms with van der Waals surface area (Å²) in [5.74, 6) is -0.245. The molecule has 0 unspecified atom stereocenters. The number of hydrogen-bond acceptors (Lipinski definition) is 6. The van der Waals surface area contributed by atoms with Gasteiger partial charge in [-0.2, -0.15) is 0 Å². The Kier molecular flexibility index (Phi) is 5.93. The molecule has 1 aromatic heterocycles. The molecule has 134 valence electrons. The van der Waals surface area contributed by atoms with Crippen LogP contribution in [0.1, 0.15) is 16.1 Å². The molecular weight excluding hydrogens is 366 g/mol. The number of rotatable bonds is 6. The van der Waals surface area contributed by atoms with Gasteiger partial charge in [0, 0.05) is 24.2 Å². The van der Waals surface area contributed by atoms with Crippen molar-refractivity contribution in [1.29, 1.82) is 0 Å². The molecule has 10 heteroatoms. The number of nitrogens with zero attached hydrogens (tertiary/aromatic N) is 2. The van der Waals surface area contributed by atoms with Crippen LogP contribution in [0.15, 0.2) is 24.3 Å². The van der Waals surface area contributed by atoms with Gasteiger partial charge in [0.05, 0.1) is 22.7 Å². The molecule has 2 aromatic rings. The highest BCUT2D eigenvalue weighted by atomic mass is 35.5. The van der Waals surface area contributed by atoms with E-state index >= 15 is 0 Å². The summed E-state index contributed by atoms with van der Waals surface area (Å²) >= 11 is 6.23. The van der Waals surface area contributed by atoms with Crippen molar-refractivity contribution in [2.45, 2.75) is 6.92 Å². The molecule has 0 fully saturated rings. The van der Waals surface area contributed by atoms with Crippen LogP contribution in [0, 0.1) is 6.92 Å². The molecule has 0 saturated heterocycles. The Balaban J connectivity index is 2.15. The molecule has 0 saturated carbocycles. The largest absolute Gasteiger partial charge is 0.368 e. The molecule has 1 aromatic carbocycles. The van der Waals surface area contributed by atoms with Gasteiger partial charge in [0.2, 0.25) is 16.0 Å². The number of aromatic nitrogens is 2. The topological polar surface area (TPSA) is 127 Å². The van der Waals surface area contributed by atoms with Gasteiger partial charge in [0.1, 0.15) is 0 Å². The lowest BCUT2D eigenvalue weighted by Crippen LogP contribution is -2.34. The molecule has 25 heavy (non-hydrogen) atoms. The van der Waals surface area contributed by atoms with Gasteiger partial charge in [-0.25, -0.2) is 23.1 Å². The molecule has 4 N–H and O–H groups in total. The van der Waals surface area contributed by atoms with Gasteiger partial charge in [-0.05, 0) is 19.1 Å². The molecule has 2 rings (SSSR count). The number of sulfonamides is 1. The molecule has 0 aliphatic heterocycles. The van der Waals surface area contributed by atoms with Crippen LogP contribution in [0.5, 0.6) is 0 Å². The number of carbonyl (C=O) groups excluding carboxylic acids is 1. The summed E-state index contributed by atoms with van der Waals surface area (Å²) in [6.07, 6.45) is 1.05. The predicted octanol–water partition coefficient (Wildman–Crippen LogP) is 0.967. The van der Waals surface area contributed by atoms with Crippen LogP contribution >= 0.6 is 11.6 Å². The van der Waals surface area contributed by atoms with Crippen molar-refractivity contribution in [2.24, 2.45) is 0 Å². The van der Waals surface area contributed by atoms with E-state index in [1.54, 1.807) is 31.2 Å². The number of anilines is 1. The Hall–Kier alpha value is -2.23. The summed E-state index contributed by atoms with van der Waals surface area (Å²) in [6, 6.07) is 6.72. The van der Waals surface area contributed by atoms with Gasteiger partial charge in [-0.1, -0.05) is 23.7 Å². The number of carbonyl (C=O) groups is 1. The maximum Gasteiger partial charge on any atom is 0.251 e. The average molecular weight is 384 g/mol. The van der Waals surface area contributed by atoms with Crippen LogP contribution in [-0.4, -0.2) is 43.6 Å². The summed E-state index contributed by atoms with van der Waals surface area (Å²) < 4.78 is 24.2. The van der Waals surface area contributed by atoms with Gasteiger partial charge in [0.25, 0.3) is 5.91 Å². The van der Waals surface area contributed by atoms with E-state index in [1.807, 2.05) is 0 Å². The van der Waals surface area contributed by atoms with Crippen LogP contribution in [0.2, 0.25) is 5.02 Å². The standard InChI is InChI=1S/C15H18ClN5O3S/c1-9-12(16)13(21-15(17)20-9)10-4-3-5-11(8-10)14(22)18-6-7-19-25(2,23)24/h3-5,8,19H,6-7H2,1-2H3,(H,18,22)(H2,17,20,21). The zero-order valence-electron chi connectivity index (χ0n) is 13.7. The Morgan fingerprint density at radius 1 is 1.28 bits per heavy atom. The van der Waals surface area contributed by atoms with Crippen molar-refractivity contribution in [1.82, 2.24) is 20.0 Å². The van der Waals surface area contributed by atoms with Gasteiger partial charge in [0.15, 0.2) is 0 Å². The van der Waals surface area contributed by atoms with Crippen molar-refractivity contribution in [3.63, 3.8) is 0 Å². The first-order chi connectivity index (χ1) is 11.7. The molecule has 0 atom stereocenters. The van der Waals surface area contributed by atoms with E-state index in [4.69, 9.17) is 17.3 Å². The van der Waals surface area contributed by atoms with Crippen LogP contribution in [-0.2, 0) is 10.0 Å². The number of nitrogen functional groups attached to an aromatic ring is 1. The molecule has 8 nitrogen and oxygen atoms in total. The summed E-state index contributed by atoms with van der Waals surface area (Å²) in [5.41, 5.74) is 7.68. The minimum absolute atomic E-state index is 0.0959. The maximum absolute atomic E-state index is 12.2. The molecule has 0 aliphatic carbocycles. The molecule has 0 radical (unpaired) electrons. The Bertz CT molecular complexity index is 902. The number of aryl methyl sites for hydroxylation is 1. The van der Waals surface area contributed by atoms with Crippen LogP contribution in [0.4, 0.5) is 5.95 Å². The van der Waals surface area contributed by atoms with E-state index in [2.05, 4.69) is 20.0 Å². The fourth-order valence-corrected chi connectivity index (χ4v) is 2.76. The molecular formula is C15H18ClN5O3S. The molecule has 0 bridgehead atoms. The minimum atomic E-state index is -3.28. The minimum Gasteiger partial charge on any atom is -0.368 e. The highest BCUT2D eigenvalue weighted by molar-refractivity contribution is 7.88. The van der Waals surface area contributed by atoms with E-state index in [9.17, 15) is 13.2 Å². The number of benzene rings is 1. The van der Waals surface area contributed by atoms with Gasteiger partial charge >= 0.3 is 0 Å². The normalized spacial score (nSPS) is 11.3. The smallest absolute Gasteiger partial charge is 0.251 e. The van der Waals surface area contributed by atoms with Crippen molar-refractivity contribution >= 4 is 33.5 Å². The molecule has 1 heterocycles. The Morgan fingerprint density at radius 2 is 2.00 bits per heavy atom. The lowest BCUT2D eigenvalue weighted by Gasteiger charge is -2.09.